The zero-order valence-electron chi connectivity index (χ0n) is 10.2. The second kappa shape index (κ2) is 5.92. The van der Waals surface area contributed by atoms with E-state index in [1.54, 1.807) is 0 Å². The number of hydrogen-bond acceptors (Lipinski definition) is 3. The lowest BCUT2D eigenvalue weighted by Crippen LogP contribution is -2.26. The smallest absolute Gasteiger partial charge is 0.156 e. The molecule has 2 aliphatic heterocycles. The third-order valence-electron chi connectivity index (χ3n) is 3.46. The van der Waals surface area contributed by atoms with Crippen molar-refractivity contribution in [3.63, 3.8) is 0 Å². The minimum absolute atomic E-state index is 0.442. The molecule has 0 spiro atoms. The molecule has 2 rings (SSSR count). The van der Waals surface area contributed by atoms with Gasteiger partial charge in [0.15, 0.2) is 5.17 Å². The first kappa shape index (κ1) is 12.2. The Balaban J connectivity index is 1.80. The van der Waals surface area contributed by atoms with Crippen LogP contribution in [0.25, 0.3) is 0 Å². The molecule has 4 heteroatoms. The fourth-order valence-corrected chi connectivity index (χ4v) is 3.40. The van der Waals surface area contributed by atoms with Gasteiger partial charge in [-0.05, 0) is 19.3 Å². The number of nitrogens with one attached hydrogen (secondary N) is 1. The average molecular weight is 242 g/mol. The fourth-order valence-electron chi connectivity index (χ4n) is 2.30. The van der Waals surface area contributed by atoms with Crippen LogP contribution in [0.5, 0.6) is 0 Å². The zero-order chi connectivity index (χ0) is 11.4. The fraction of sp³-hybridized carbons (Fsp3) is 0.917. The molecule has 1 N–H and O–H groups in total. The molecule has 0 aromatic rings. The SMILES string of the molecule is CCC1CSC(=NCC2CCOC2CC)N1. The lowest BCUT2D eigenvalue weighted by Gasteiger charge is -2.14. The monoisotopic (exact) mass is 242 g/mol. The van der Waals surface area contributed by atoms with Crippen LogP contribution >= 0.6 is 11.8 Å². The molecular formula is C12H22N2OS. The van der Waals surface area contributed by atoms with E-state index in [2.05, 4.69) is 19.2 Å². The molecule has 2 fully saturated rings. The summed E-state index contributed by atoms with van der Waals surface area (Å²) in [4.78, 5) is 4.69. The number of rotatable bonds is 4. The molecule has 3 unspecified atom stereocenters. The van der Waals surface area contributed by atoms with Gasteiger partial charge in [0.2, 0.25) is 0 Å². The molecule has 0 amide bonds. The number of nitrogens with zero attached hydrogens (tertiary/aromatic N) is 1. The van der Waals surface area contributed by atoms with Crippen molar-refractivity contribution in [2.45, 2.75) is 45.3 Å². The highest BCUT2D eigenvalue weighted by atomic mass is 32.2. The Morgan fingerprint density at radius 1 is 1.44 bits per heavy atom. The molecule has 3 nitrogen and oxygen atoms in total. The molecule has 2 saturated heterocycles. The van der Waals surface area contributed by atoms with Gasteiger partial charge in [0.05, 0.1) is 6.10 Å². The van der Waals surface area contributed by atoms with Gasteiger partial charge in [-0.25, -0.2) is 0 Å². The van der Waals surface area contributed by atoms with E-state index in [4.69, 9.17) is 9.73 Å². The summed E-state index contributed by atoms with van der Waals surface area (Å²) in [6.07, 6.45) is 3.93. The van der Waals surface area contributed by atoms with E-state index < -0.39 is 0 Å². The van der Waals surface area contributed by atoms with Crippen LogP contribution in [0.15, 0.2) is 4.99 Å². The van der Waals surface area contributed by atoms with E-state index in [9.17, 15) is 0 Å². The lowest BCUT2D eigenvalue weighted by atomic mass is 10.0. The van der Waals surface area contributed by atoms with Gasteiger partial charge >= 0.3 is 0 Å². The summed E-state index contributed by atoms with van der Waals surface area (Å²) < 4.78 is 5.68. The van der Waals surface area contributed by atoms with Gasteiger partial charge in [-0.15, -0.1) is 0 Å². The number of ether oxygens (including phenoxy) is 1. The molecule has 2 aliphatic rings. The second-order valence-corrected chi connectivity index (χ2v) is 5.58. The van der Waals surface area contributed by atoms with Crippen molar-refractivity contribution >= 4 is 16.9 Å². The van der Waals surface area contributed by atoms with Crippen LogP contribution in [-0.4, -0.2) is 36.2 Å². The van der Waals surface area contributed by atoms with Gasteiger partial charge < -0.3 is 10.1 Å². The van der Waals surface area contributed by atoms with Crippen LogP contribution in [0.3, 0.4) is 0 Å². The Labute approximate surface area is 102 Å². The molecule has 92 valence electrons. The minimum Gasteiger partial charge on any atom is -0.378 e. The first-order chi connectivity index (χ1) is 7.83. The number of hydrogen-bond donors (Lipinski definition) is 1. The largest absolute Gasteiger partial charge is 0.378 e. The van der Waals surface area contributed by atoms with Crippen LogP contribution < -0.4 is 5.32 Å². The van der Waals surface area contributed by atoms with Gasteiger partial charge in [-0.2, -0.15) is 0 Å². The Kier molecular flexibility index (Phi) is 4.53. The van der Waals surface area contributed by atoms with E-state index in [0.717, 1.165) is 24.7 Å². The summed E-state index contributed by atoms with van der Waals surface area (Å²) in [7, 11) is 0. The number of thioether (sulfide) groups is 1. The molecule has 3 atom stereocenters. The summed E-state index contributed by atoms with van der Waals surface area (Å²) >= 11 is 1.87. The van der Waals surface area contributed by atoms with Crippen LogP contribution in [0.2, 0.25) is 0 Å². The van der Waals surface area contributed by atoms with Crippen LogP contribution in [0.4, 0.5) is 0 Å². The van der Waals surface area contributed by atoms with Gasteiger partial charge in [-0.3, -0.25) is 4.99 Å². The molecule has 0 aromatic carbocycles. The zero-order valence-corrected chi connectivity index (χ0v) is 11.1. The Bertz CT molecular complexity index is 257. The van der Waals surface area contributed by atoms with Crippen molar-refractivity contribution in [1.82, 2.24) is 5.32 Å². The second-order valence-electron chi connectivity index (χ2n) is 4.57. The van der Waals surface area contributed by atoms with Crippen molar-refractivity contribution in [3.8, 4) is 0 Å². The maximum atomic E-state index is 5.68. The van der Waals surface area contributed by atoms with Crippen molar-refractivity contribution in [2.24, 2.45) is 10.9 Å². The molecule has 0 bridgehead atoms. The lowest BCUT2D eigenvalue weighted by molar-refractivity contribution is 0.0893. The molecular weight excluding hydrogens is 220 g/mol. The first-order valence-electron chi connectivity index (χ1n) is 6.38. The van der Waals surface area contributed by atoms with Crippen molar-refractivity contribution in [1.29, 1.82) is 0 Å². The highest BCUT2D eigenvalue weighted by Crippen LogP contribution is 2.24. The predicted octanol–water partition coefficient (Wildman–Crippen LogP) is 2.27. The summed E-state index contributed by atoms with van der Waals surface area (Å²) in [6, 6.07) is 0.630. The van der Waals surface area contributed by atoms with Crippen LogP contribution in [0.1, 0.15) is 33.1 Å². The first-order valence-corrected chi connectivity index (χ1v) is 7.37. The minimum atomic E-state index is 0.442. The molecule has 2 heterocycles. The molecule has 16 heavy (non-hydrogen) atoms. The standard InChI is InChI=1S/C12H22N2OS/c1-3-10-8-16-12(14-10)13-7-9-5-6-15-11(9)4-2/h9-11H,3-8H2,1-2H3,(H,13,14). The van der Waals surface area contributed by atoms with Crippen LogP contribution in [0, 0.1) is 5.92 Å². The van der Waals surface area contributed by atoms with Gasteiger partial charge in [0, 0.05) is 30.9 Å². The summed E-state index contributed by atoms with van der Waals surface area (Å²) in [6.45, 7) is 6.28. The maximum absolute atomic E-state index is 5.68. The highest BCUT2D eigenvalue weighted by molar-refractivity contribution is 8.14. The molecule has 0 aromatic heterocycles. The topological polar surface area (TPSA) is 33.6 Å². The van der Waals surface area contributed by atoms with Crippen molar-refractivity contribution in [2.75, 3.05) is 18.9 Å². The third kappa shape index (κ3) is 2.92. The van der Waals surface area contributed by atoms with Crippen LogP contribution in [-0.2, 0) is 4.74 Å². The predicted molar refractivity (Wildman–Crippen MR) is 70.1 cm³/mol. The molecule has 0 radical (unpaired) electrons. The number of aliphatic imine (C=N–C) groups is 1. The quantitative estimate of drug-likeness (QED) is 0.821. The summed E-state index contributed by atoms with van der Waals surface area (Å²) in [5.74, 6) is 1.81. The summed E-state index contributed by atoms with van der Waals surface area (Å²) in [5.41, 5.74) is 0. The van der Waals surface area contributed by atoms with Gasteiger partial charge in [-0.1, -0.05) is 25.6 Å². The normalized spacial score (nSPS) is 36.9. The van der Waals surface area contributed by atoms with Crippen molar-refractivity contribution in [3.05, 3.63) is 0 Å². The maximum Gasteiger partial charge on any atom is 0.156 e. The highest BCUT2D eigenvalue weighted by Gasteiger charge is 2.27. The summed E-state index contributed by atoms with van der Waals surface area (Å²) in [5, 5.41) is 4.62. The molecule has 0 saturated carbocycles. The Morgan fingerprint density at radius 3 is 3.00 bits per heavy atom. The van der Waals surface area contributed by atoms with E-state index in [1.165, 1.54) is 18.6 Å². The molecule has 0 aliphatic carbocycles. The van der Waals surface area contributed by atoms with E-state index in [-0.39, 0.29) is 0 Å². The van der Waals surface area contributed by atoms with E-state index >= 15 is 0 Å². The number of amidine groups is 1. The van der Waals surface area contributed by atoms with E-state index in [0.29, 0.717) is 18.1 Å². The Morgan fingerprint density at radius 2 is 2.31 bits per heavy atom. The third-order valence-corrected chi connectivity index (χ3v) is 4.55. The average Bonchev–Trinajstić information content (AvgIpc) is 2.94. The van der Waals surface area contributed by atoms with Crippen molar-refractivity contribution < 1.29 is 4.74 Å². The van der Waals surface area contributed by atoms with Gasteiger partial charge in [0.1, 0.15) is 0 Å². The van der Waals surface area contributed by atoms with E-state index in [1.807, 2.05) is 11.8 Å². The van der Waals surface area contributed by atoms with Gasteiger partial charge in [0.25, 0.3) is 0 Å². The Hall–Kier alpha value is -0.220.